The molecule has 0 radical (unpaired) electrons. The summed E-state index contributed by atoms with van der Waals surface area (Å²) in [4.78, 5) is 32.2. The summed E-state index contributed by atoms with van der Waals surface area (Å²) in [7, 11) is -0.513. The maximum absolute atomic E-state index is 13.4. The van der Waals surface area contributed by atoms with Crippen LogP contribution in [0.15, 0.2) is 142 Å². The molecule has 2 heterocycles. The van der Waals surface area contributed by atoms with Crippen LogP contribution in [0.2, 0.25) is 0 Å². The van der Waals surface area contributed by atoms with Crippen LogP contribution in [-0.2, 0) is 16.6 Å². The van der Waals surface area contributed by atoms with Gasteiger partial charge in [0, 0.05) is 77.7 Å². The summed E-state index contributed by atoms with van der Waals surface area (Å²) in [6.07, 6.45) is 0.704. The maximum atomic E-state index is 13.4. The molecule has 1 amide bonds. The first kappa shape index (κ1) is 40.5. The van der Waals surface area contributed by atoms with Crippen molar-refractivity contribution in [3.05, 3.63) is 149 Å². The molecule has 0 saturated carbocycles. The number of hydrogen-bond donors (Lipinski definition) is 2. The molecule has 12 nitrogen and oxygen atoms in total. The molecule has 0 unspecified atom stereocenters. The van der Waals surface area contributed by atoms with Gasteiger partial charge in [-0.05, 0) is 93.3 Å². The van der Waals surface area contributed by atoms with Gasteiger partial charge in [0.15, 0.2) is 0 Å². The maximum Gasteiger partial charge on any atom is 0.293 e. The Kier molecular flexibility index (Phi) is 12.8. The first-order valence-electron chi connectivity index (χ1n) is 19.1. The van der Waals surface area contributed by atoms with Gasteiger partial charge in [-0.25, -0.2) is 13.1 Å². The molecule has 1 atom stereocenters. The molecule has 1 saturated heterocycles. The Bertz CT molecular complexity index is 2440. The highest BCUT2D eigenvalue weighted by Crippen LogP contribution is 2.32. The van der Waals surface area contributed by atoms with Crippen LogP contribution in [0, 0.1) is 10.1 Å². The summed E-state index contributed by atoms with van der Waals surface area (Å²) in [5.74, 6) is 0.666. The first-order chi connectivity index (χ1) is 28.0. The van der Waals surface area contributed by atoms with Crippen LogP contribution in [0.3, 0.4) is 0 Å². The summed E-state index contributed by atoms with van der Waals surface area (Å²) in [6, 6.07) is 38.6. The lowest BCUT2D eigenvalue weighted by molar-refractivity contribution is -0.384. The van der Waals surface area contributed by atoms with E-state index in [9.17, 15) is 23.3 Å². The second kappa shape index (κ2) is 18.3. The molecule has 6 aromatic rings. The molecule has 0 aliphatic carbocycles. The number of hydrogen-bond acceptors (Lipinski definition) is 11. The van der Waals surface area contributed by atoms with Crippen LogP contribution >= 0.6 is 11.8 Å². The Labute approximate surface area is 343 Å². The summed E-state index contributed by atoms with van der Waals surface area (Å²) in [5.41, 5.74) is 4.03. The van der Waals surface area contributed by atoms with Crippen molar-refractivity contribution in [3.8, 4) is 11.3 Å². The highest BCUT2D eigenvalue weighted by molar-refractivity contribution is 7.99. The second-order valence-corrected chi connectivity index (χ2v) is 17.3. The van der Waals surface area contributed by atoms with E-state index in [0.29, 0.717) is 12.2 Å². The number of nitrogens with one attached hydrogen (secondary N) is 2. The standard InChI is InChI=1S/C44H46N6O6S2/c1-47(2)23-22-35(31-57-37-12-4-3-5-13-37)45-40-21-20-38(29-41(40)50(52)53)58(54,55)46-44(51)32-16-18-36(19-17-32)49-26-24-48(25-27-49)30-34-11-6-8-14-39(34)43-28-33-10-7-9-15-42(33)56-43/h3-21,28-29,35,45H,22-27,30-31H2,1-2H3,(H,46,51)/t35-/m1/s1. The highest BCUT2D eigenvalue weighted by atomic mass is 32.2. The number of piperazine rings is 1. The molecule has 1 fully saturated rings. The molecule has 5 aromatic carbocycles. The van der Waals surface area contributed by atoms with Crippen LogP contribution in [0.1, 0.15) is 22.3 Å². The molecule has 2 N–H and O–H groups in total. The van der Waals surface area contributed by atoms with Gasteiger partial charge < -0.3 is 19.5 Å². The number of sulfonamides is 1. The Morgan fingerprint density at radius 2 is 1.59 bits per heavy atom. The number of nitro benzene ring substituents is 1. The monoisotopic (exact) mass is 818 g/mol. The lowest BCUT2D eigenvalue weighted by Crippen LogP contribution is -2.46. The zero-order valence-corrected chi connectivity index (χ0v) is 34.0. The van der Waals surface area contributed by atoms with Gasteiger partial charge in [0.2, 0.25) is 0 Å². The van der Waals surface area contributed by atoms with E-state index in [-0.39, 0.29) is 22.2 Å². The number of nitrogens with zero attached hydrogens (tertiary/aromatic N) is 4. The average Bonchev–Trinajstić information content (AvgIpc) is 3.67. The van der Waals surface area contributed by atoms with Gasteiger partial charge >= 0.3 is 0 Å². The van der Waals surface area contributed by atoms with Gasteiger partial charge in [0.05, 0.1) is 9.82 Å². The summed E-state index contributed by atoms with van der Waals surface area (Å²) >= 11 is 1.63. The zero-order chi connectivity index (χ0) is 40.6. The zero-order valence-electron chi connectivity index (χ0n) is 32.4. The van der Waals surface area contributed by atoms with Gasteiger partial charge in [-0.3, -0.25) is 19.8 Å². The van der Waals surface area contributed by atoms with Crippen molar-refractivity contribution in [1.82, 2.24) is 14.5 Å². The van der Waals surface area contributed by atoms with Gasteiger partial charge in [0.1, 0.15) is 17.0 Å². The van der Waals surface area contributed by atoms with E-state index in [4.69, 9.17) is 4.42 Å². The molecular formula is C44H46N6O6S2. The quantitative estimate of drug-likeness (QED) is 0.0558. The first-order valence-corrected chi connectivity index (χ1v) is 21.6. The average molecular weight is 819 g/mol. The lowest BCUT2D eigenvalue weighted by Gasteiger charge is -2.36. The molecule has 14 heteroatoms. The SMILES string of the molecule is CN(C)CC[C@H](CSc1ccccc1)Nc1ccc(S(=O)(=O)NC(=O)c2ccc(N3CCN(Cc4ccccc4-c4cc5ccccc5o4)CC3)cc2)cc1[N+](=O)[O-]. The van der Waals surface area contributed by atoms with Crippen LogP contribution in [0.25, 0.3) is 22.3 Å². The predicted octanol–water partition coefficient (Wildman–Crippen LogP) is 7.97. The number of thioether (sulfide) groups is 1. The third kappa shape index (κ3) is 10.1. The molecule has 7 rings (SSSR count). The van der Waals surface area contributed by atoms with Gasteiger partial charge in [-0.2, -0.15) is 0 Å². The minimum Gasteiger partial charge on any atom is -0.456 e. The fourth-order valence-corrected chi connectivity index (χ4v) is 8.97. The summed E-state index contributed by atoms with van der Waals surface area (Å²) in [5, 5.41) is 16.5. The van der Waals surface area contributed by atoms with Gasteiger partial charge in [-0.15, -0.1) is 11.8 Å². The molecule has 0 bridgehead atoms. The molecule has 300 valence electrons. The number of carbonyl (C=O) groups excluding carboxylic acids is 1. The van der Waals surface area contributed by atoms with Crippen molar-refractivity contribution in [2.45, 2.75) is 28.8 Å². The Morgan fingerprint density at radius 3 is 2.31 bits per heavy atom. The highest BCUT2D eigenvalue weighted by Gasteiger charge is 2.26. The molecule has 1 aliphatic heterocycles. The number of nitro groups is 1. The third-order valence-corrected chi connectivity index (χ3v) is 12.7. The van der Waals surface area contributed by atoms with E-state index in [1.807, 2.05) is 85.7 Å². The van der Waals surface area contributed by atoms with Gasteiger partial charge in [0.25, 0.3) is 21.6 Å². The van der Waals surface area contributed by atoms with E-state index in [0.717, 1.165) is 78.2 Å². The minimum atomic E-state index is -4.43. The Balaban J connectivity index is 0.956. The number of rotatable bonds is 16. The molecule has 0 spiro atoms. The van der Waals surface area contributed by atoms with Crippen molar-refractivity contribution in [3.63, 3.8) is 0 Å². The van der Waals surface area contributed by atoms with Crippen LogP contribution in [-0.4, -0.2) is 87.7 Å². The number of fused-ring (bicyclic) bond motifs is 1. The Morgan fingerprint density at radius 1 is 0.879 bits per heavy atom. The number of carbonyl (C=O) groups is 1. The van der Waals surface area contributed by atoms with Crippen LogP contribution < -0.4 is 14.9 Å². The molecule has 58 heavy (non-hydrogen) atoms. The third-order valence-electron chi connectivity index (χ3n) is 10.2. The van der Waals surface area contributed by atoms with Crippen molar-refractivity contribution >= 4 is 55.7 Å². The van der Waals surface area contributed by atoms with E-state index in [2.05, 4.69) is 50.2 Å². The van der Waals surface area contributed by atoms with E-state index in [1.54, 1.807) is 23.9 Å². The predicted molar refractivity (Wildman–Crippen MR) is 231 cm³/mol. The summed E-state index contributed by atoms with van der Waals surface area (Å²) < 4.78 is 35.0. The van der Waals surface area contributed by atoms with E-state index >= 15 is 0 Å². The second-order valence-electron chi connectivity index (χ2n) is 14.5. The van der Waals surface area contributed by atoms with Gasteiger partial charge in [-0.1, -0.05) is 60.7 Å². The van der Waals surface area contributed by atoms with Crippen molar-refractivity contribution in [1.29, 1.82) is 0 Å². The fraction of sp³-hybridized carbons (Fsp3) is 0.250. The molecule has 1 aliphatic rings. The smallest absolute Gasteiger partial charge is 0.293 e. The number of amides is 1. The number of anilines is 2. The number of benzene rings is 5. The minimum absolute atomic E-state index is 0.141. The van der Waals surface area contributed by atoms with Crippen molar-refractivity contribution in [2.75, 3.05) is 62.8 Å². The van der Waals surface area contributed by atoms with Crippen LogP contribution in [0.5, 0.6) is 0 Å². The lowest BCUT2D eigenvalue weighted by atomic mass is 10.0. The fourth-order valence-electron chi connectivity index (χ4n) is 6.98. The number of furan rings is 1. The molecule has 1 aromatic heterocycles. The largest absolute Gasteiger partial charge is 0.456 e. The normalized spacial score (nSPS) is 14.1. The Hall–Kier alpha value is -5.67. The summed E-state index contributed by atoms with van der Waals surface area (Å²) in [6.45, 7) is 4.75. The van der Waals surface area contributed by atoms with E-state index < -0.39 is 26.5 Å². The van der Waals surface area contributed by atoms with E-state index in [1.165, 1.54) is 17.7 Å². The van der Waals surface area contributed by atoms with Crippen molar-refractivity contribution in [2.24, 2.45) is 0 Å². The topological polar surface area (TPSA) is 141 Å². The van der Waals surface area contributed by atoms with Crippen molar-refractivity contribution < 1.29 is 22.6 Å². The molecular weight excluding hydrogens is 773 g/mol. The number of para-hydroxylation sites is 1. The van der Waals surface area contributed by atoms with Crippen LogP contribution in [0.4, 0.5) is 17.1 Å².